The van der Waals surface area contributed by atoms with Crippen LogP contribution >= 0.6 is 0 Å². The molecule has 0 saturated carbocycles. The Kier molecular flexibility index (Phi) is 5.97. The van der Waals surface area contributed by atoms with Gasteiger partial charge in [0, 0.05) is 25.2 Å². The second-order valence-electron chi connectivity index (χ2n) is 6.30. The third-order valence-corrected chi connectivity index (χ3v) is 3.48. The molecule has 0 bridgehead atoms. The number of ether oxygens (including phenoxy) is 2. The summed E-state index contributed by atoms with van der Waals surface area (Å²) >= 11 is 0. The first-order valence-electron chi connectivity index (χ1n) is 7.66. The summed E-state index contributed by atoms with van der Waals surface area (Å²) in [5.74, 6) is -0.303. The highest BCUT2D eigenvalue weighted by Crippen LogP contribution is 2.22. The van der Waals surface area contributed by atoms with E-state index >= 15 is 0 Å². The molecule has 1 aliphatic rings. The van der Waals surface area contributed by atoms with Crippen molar-refractivity contribution >= 4 is 12.6 Å². The Bertz CT molecular complexity index is 485. The molecule has 0 aliphatic carbocycles. The van der Waals surface area contributed by atoms with Crippen molar-refractivity contribution in [1.82, 2.24) is 0 Å². The summed E-state index contributed by atoms with van der Waals surface area (Å²) in [6.45, 7) is 9.91. The van der Waals surface area contributed by atoms with Crippen LogP contribution in [0.5, 0.6) is 0 Å². The molecular weight excluding hydrogens is 286 g/mol. The van der Waals surface area contributed by atoms with E-state index in [2.05, 4.69) is 13.8 Å². The minimum Gasteiger partial charge on any atom is -0.407 e. The molecule has 1 saturated heterocycles. The normalized spacial score (nSPS) is 19.2. The zero-order valence-electron chi connectivity index (χ0n) is 13.7. The third kappa shape index (κ3) is 4.78. The van der Waals surface area contributed by atoms with E-state index in [0.717, 1.165) is 11.0 Å². The molecule has 0 spiro atoms. The van der Waals surface area contributed by atoms with Crippen LogP contribution in [-0.4, -0.2) is 33.2 Å². The van der Waals surface area contributed by atoms with Gasteiger partial charge in [-0.05, 0) is 37.0 Å². The molecular formula is C16H24BFO4. The first kappa shape index (κ1) is 17.4. The molecule has 1 unspecified atom stereocenters. The standard InChI is InChI=1S/C16H24BFO4/c1-5-19-12(2)20-9-13-8-14(18)6-7-15(13)17-21-10-16(3,4)11-22-17/h6-8,12H,5,9-11H2,1-4H3. The molecule has 1 aromatic carbocycles. The maximum absolute atomic E-state index is 13.5. The van der Waals surface area contributed by atoms with Crippen LogP contribution in [0.25, 0.3) is 0 Å². The SMILES string of the molecule is CCOC(C)OCc1cc(F)ccc1B1OCC(C)(C)CO1. The molecule has 1 fully saturated rings. The zero-order chi connectivity index (χ0) is 16.2. The summed E-state index contributed by atoms with van der Waals surface area (Å²) < 4.78 is 36.0. The van der Waals surface area contributed by atoms with E-state index < -0.39 is 7.12 Å². The molecule has 1 heterocycles. The van der Waals surface area contributed by atoms with E-state index in [0.29, 0.717) is 19.8 Å². The third-order valence-electron chi connectivity index (χ3n) is 3.48. The molecule has 0 N–H and O–H groups in total. The molecule has 0 radical (unpaired) electrons. The lowest BCUT2D eigenvalue weighted by molar-refractivity contribution is -0.134. The number of hydrogen-bond acceptors (Lipinski definition) is 4. The molecule has 0 amide bonds. The summed E-state index contributed by atoms with van der Waals surface area (Å²) in [7, 11) is -0.477. The van der Waals surface area contributed by atoms with E-state index in [9.17, 15) is 4.39 Å². The van der Waals surface area contributed by atoms with Crippen molar-refractivity contribution < 1.29 is 23.2 Å². The minimum absolute atomic E-state index is 0.00330. The highest BCUT2D eigenvalue weighted by Gasteiger charge is 2.34. The smallest absolute Gasteiger partial charge is 0.407 e. The fourth-order valence-electron chi connectivity index (χ4n) is 2.29. The Labute approximate surface area is 132 Å². The quantitative estimate of drug-likeness (QED) is 0.597. The van der Waals surface area contributed by atoms with Crippen molar-refractivity contribution in [2.24, 2.45) is 5.41 Å². The van der Waals surface area contributed by atoms with Crippen molar-refractivity contribution in [2.45, 2.75) is 40.6 Å². The van der Waals surface area contributed by atoms with E-state index in [1.165, 1.54) is 12.1 Å². The molecule has 0 aromatic heterocycles. The van der Waals surface area contributed by atoms with Crippen molar-refractivity contribution in [1.29, 1.82) is 0 Å². The van der Waals surface area contributed by atoms with Gasteiger partial charge in [0.25, 0.3) is 0 Å². The number of rotatable bonds is 6. The lowest BCUT2D eigenvalue weighted by Crippen LogP contribution is -2.48. The average Bonchev–Trinajstić information content (AvgIpc) is 2.46. The fourth-order valence-corrected chi connectivity index (χ4v) is 2.29. The Morgan fingerprint density at radius 3 is 2.59 bits per heavy atom. The van der Waals surface area contributed by atoms with Gasteiger partial charge < -0.3 is 18.8 Å². The molecule has 22 heavy (non-hydrogen) atoms. The van der Waals surface area contributed by atoms with Gasteiger partial charge in [-0.3, -0.25) is 0 Å². The molecule has 1 atom stereocenters. The van der Waals surface area contributed by atoms with E-state index in [1.54, 1.807) is 6.07 Å². The average molecular weight is 310 g/mol. The van der Waals surface area contributed by atoms with Gasteiger partial charge in [0.05, 0.1) is 6.61 Å². The highest BCUT2D eigenvalue weighted by atomic mass is 19.1. The van der Waals surface area contributed by atoms with E-state index in [1.807, 2.05) is 13.8 Å². The van der Waals surface area contributed by atoms with Gasteiger partial charge >= 0.3 is 7.12 Å². The predicted molar refractivity (Wildman–Crippen MR) is 83.4 cm³/mol. The van der Waals surface area contributed by atoms with Crippen LogP contribution in [0.1, 0.15) is 33.3 Å². The van der Waals surface area contributed by atoms with Gasteiger partial charge in [-0.25, -0.2) is 4.39 Å². The summed E-state index contributed by atoms with van der Waals surface area (Å²) in [6.07, 6.45) is -0.340. The Hall–Kier alpha value is -0.945. The maximum Gasteiger partial charge on any atom is 0.494 e. The van der Waals surface area contributed by atoms with Crippen LogP contribution in [0.15, 0.2) is 18.2 Å². The molecule has 1 aliphatic heterocycles. The molecule has 4 nitrogen and oxygen atoms in total. The van der Waals surface area contributed by atoms with Crippen LogP contribution < -0.4 is 5.46 Å². The van der Waals surface area contributed by atoms with Crippen molar-refractivity contribution in [3.63, 3.8) is 0 Å². The minimum atomic E-state index is -0.477. The van der Waals surface area contributed by atoms with Gasteiger partial charge in [0.15, 0.2) is 6.29 Å². The monoisotopic (exact) mass is 310 g/mol. The lowest BCUT2D eigenvalue weighted by Gasteiger charge is -2.33. The van der Waals surface area contributed by atoms with Crippen LogP contribution in [-0.2, 0) is 25.4 Å². The van der Waals surface area contributed by atoms with Crippen LogP contribution in [0.4, 0.5) is 4.39 Å². The number of halogens is 1. The zero-order valence-corrected chi connectivity index (χ0v) is 13.7. The molecule has 6 heteroatoms. The van der Waals surface area contributed by atoms with Crippen molar-refractivity contribution in [3.8, 4) is 0 Å². The van der Waals surface area contributed by atoms with Crippen LogP contribution in [0.3, 0.4) is 0 Å². The maximum atomic E-state index is 13.5. The number of hydrogen-bond donors (Lipinski definition) is 0. The Balaban J connectivity index is 2.07. The van der Waals surface area contributed by atoms with E-state index in [4.69, 9.17) is 18.8 Å². The van der Waals surface area contributed by atoms with Crippen molar-refractivity contribution in [2.75, 3.05) is 19.8 Å². The first-order chi connectivity index (χ1) is 10.4. The Morgan fingerprint density at radius 1 is 1.27 bits per heavy atom. The van der Waals surface area contributed by atoms with Crippen LogP contribution in [0, 0.1) is 11.2 Å². The van der Waals surface area contributed by atoms with Gasteiger partial charge in [0.1, 0.15) is 5.82 Å². The molecule has 2 rings (SSSR count). The summed E-state index contributed by atoms with van der Waals surface area (Å²) in [4.78, 5) is 0. The highest BCUT2D eigenvalue weighted by molar-refractivity contribution is 6.62. The summed E-state index contributed by atoms with van der Waals surface area (Å²) in [5.41, 5.74) is 1.52. The summed E-state index contributed by atoms with van der Waals surface area (Å²) in [6, 6.07) is 4.57. The van der Waals surface area contributed by atoms with Crippen LogP contribution in [0.2, 0.25) is 0 Å². The van der Waals surface area contributed by atoms with Gasteiger partial charge in [-0.15, -0.1) is 0 Å². The largest absolute Gasteiger partial charge is 0.494 e. The predicted octanol–water partition coefficient (Wildman–Crippen LogP) is 2.49. The second kappa shape index (κ2) is 7.55. The second-order valence-corrected chi connectivity index (χ2v) is 6.30. The molecule has 1 aromatic rings. The topological polar surface area (TPSA) is 36.9 Å². The van der Waals surface area contributed by atoms with Gasteiger partial charge in [-0.1, -0.05) is 19.9 Å². The van der Waals surface area contributed by atoms with Gasteiger partial charge in [-0.2, -0.15) is 0 Å². The lowest BCUT2D eigenvalue weighted by atomic mass is 9.73. The van der Waals surface area contributed by atoms with E-state index in [-0.39, 0.29) is 24.1 Å². The summed E-state index contributed by atoms with van der Waals surface area (Å²) in [5, 5.41) is 0. The van der Waals surface area contributed by atoms with Gasteiger partial charge in [0.2, 0.25) is 0 Å². The first-order valence-corrected chi connectivity index (χ1v) is 7.66. The van der Waals surface area contributed by atoms with Crippen molar-refractivity contribution in [3.05, 3.63) is 29.6 Å². The fraction of sp³-hybridized carbons (Fsp3) is 0.625. The molecule has 122 valence electrons. The Morgan fingerprint density at radius 2 is 1.95 bits per heavy atom. The number of benzene rings is 1.